The normalized spacial score (nSPS) is 21.8. The number of amides is 1. The van der Waals surface area contributed by atoms with Gasteiger partial charge in [-0.05, 0) is 24.3 Å². The van der Waals surface area contributed by atoms with Crippen molar-refractivity contribution >= 4 is 11.9 Å². The van der Waals surface area contributed by atoms with Crippen LogP contribution in [-0.2, 0) is 14.3 Å². The van der Waals surface area contributed by atoms with Crippen molar-refractivity contribution in [2.24, 2.45) is 5.92 Å². The molecule has 1 aromatic carbocycles. The molecule has 2 rings (SSSR count). The Labute approximate surface area is 132 Å². The molecule has 1 aliphatic rings. The molecule has 1 amide bonds. The van der Waals surface area contributed by atoms with E-state index in [4.69, 9.17) is 0 Å². The van der Waals surface area contributed by atoms with E-state index >= 15 is 0 Å². The molecule has 1 aliphatic heterocycles. The van der Waals surface area contributed by atoms with Gasteiger partial charge in [0, 0.05) is 6.54 Å². The number of esters is 1. The van der Waals surface area contributed by atoms with E-state index in [1.54, 1.807) is 0 Å². The van der Waals surface area contributed by atoms with Gasteiger partial charge in [0.25, 0.3) is 0 Å². The highest BCUT2D eigenvalue weighted by Gasteiger charge is 2.37. The summed E-state index contributed by atoms with van der Waals surface area (Å²) < 4.78 is 40.5. The zero-order chi connectivity index (χ0) is 17.0. The second-order valence-electron chi connectivity index (χ2n) is 5.76. The first-order chi connectivity index (χ1) is 10.8. The summed E-state index contributed by atoms with van der Waals surface area (Å²) >= 11 is 0. The Hall–Kier alpha value is -2.05. The van der Waals surface area contributed by atoms with Crippen molar-refractivity contribution in [1.82, 2.24) is 4.90 Å². The molecule has 0 aromatic heterocycles. The average Bonchev–Trinajstić information content (AvgIpc) is 2.52. The van der Waals surface area contributed by atoms with Crippen LogP contribution in [-0.4, -0.2) is 36.1 Å². The minimum atomic E-state index is -4.65. The topological polar surface area (TPSA) is 46.6 Å². The summed E-state index contributed by atoms with van der Waals surface area (Å²) in [7, 11) is 0. The third-order valence-corrected chi connectivity index (χ3v) is 3.80. The average molecular weight is 329 g/mol. The van der Waals surface area contributed by atoms with Crippen LogP contribution in [0.1, 0.15) is 31.4 Å². The van der Waals surface area contributed by atoms with Gasteiger partial charge in [-0.1, -0.05) is 37.3 Å². The number of hydrogen-bond donors (Lipinski definition) is 0. The lowest BCUT2D eigenvalue weighted by atomic mass is 9.90. The first kappa shape index (κ1) is 17.3. The minimum absolute atomic E-state index is 0.175. The van der Waals surface area contributed by atoms with Gasteiger partial charge in [-0.25, -0.2) is 4.79 Å². The molecule has 2 unspecified atom stereocenters. The van der Waals surface area contributed by atoms with Crippen LogP contribution >= 0.6 is 0 Å². The molecule has 0 N–H and O–H groups in total. The van der Waals surface area contributed by atoms with E-state index in [1.165, 1.54) is 4.90 Å². The fourth-order valence-corrected chi connectivity index (χ4v) is 2.73. The van der Waals surface area contributed by atoms with E-state index in [9.17, 15) is 22.8 Å². The summed E-state index contributed by atoms with van der Waals surface area (Å²) in [6.07, 6.45) is -3.12. The minimum Gasteiger partial charge on any atom is -0.449 e. The van der Waals surface area contributed by atoms with Gasteiger partial charge in [-0.3, -0.25) is 4.79 Å². The largest absolute Gasteiger partial charge is 0.449 e. The standard InChI is InChI=1S/C16H18F3NO3/c1-11-7-8-13(12-5-3-2-4-6-12)20(9-11)14(21)15(22)23-10-16(17,18)19/h2-6,11,13H,7-10H2,1H3. The van der Waals surface area contributed by atoms with E-state index in [2.05, 4.69) is 4.74 Å². The Morgan fingerprint density at radius 1 is 1.22 bits per heavy atom. The molecule has 1 saturated heterocycles. The fourth-order valence-electron chi connectivity index (χ4n) is 2.73. The third-order valence-electron chi connectivity index (χ3n) is 3.80. The number of carbonyl (C=O) groups excluding carboxylic acids is 2. The molecular weight excluding hydrogens is 311 g/mol. The summed E-state index contributed by atoms with van der Waals surface area (Å²) in [6.45, 7) is 0.499. The predicted octanol–water partition coefficient (Wildman–Crippen LogP) is 3.09. The number of likely N-dealkylation sites (tertiary alicyclic amines) is 1. The number of alkyl halides is 3. The van der Waals surface area contributed by atoms with Crippen molar-refractivity contribution < 1.29 is 27.5 Å². The molecule has 0 bridgehead atoms. The lowest BCUT2D eigenvalue weighted by Gasteiger charge is -2.38. The molecule has 1 heterocycles. The van der Waals surface area contributed by atoms with Crippen molar-refractivity contribution in [3.8, 4) is 0 Å². The molecule has 4 nitrogen and oxygen atoms in total. The van der Waals surface area contributed by atoms with Crippen LogP contribution in [0.2, 0.25) is 0 Å². The van der Waals surface area contributed by atoms with Crippen molar-refractivity contribution in [3.63, 3.8) is 0 Å². The SMILES string of the molecule is CC1CCC(c2ccccc2)N(C(=O)C(=O)OCC(F)(F)F)C1. The van der Waals surface area contributed by atoms with E-state index in [0.29, 0.717) is 13.0 Å². The number of carbonyl (C=O) groups is 2. The highest BCUT2D eigenvalue weighted by molar-refractivity contribution is 6.32. The Kier molecular flexibility index (Phi) is 5.28. The fraction of sp³-hybridized carbons (Fsp3) is 0.500. The molecule has 1 fully saturated rings. The van der Waals surface area contributed by atoms with Crippen LogP contribution in [0.25, 0.3) is 0 Å². The van der Waals surface area contributed by atoms with Crippen molar-refractivity contribution in [2.45, 2.75) is 32.0 Å². The number of nitrogens with zero attached hydrogens (tertiary/aromatic N) is 1. The first-order valence-electron chi connectivity index (χ1n) is 7.37. The van der Waals surface area contributed by atoms with Gasteiger partial charge in [-0.2, -0.15) is 13.2 Å². The van der Waals surface area contributed by atoms with Crippen LogP contribution in [0, 0.1) is 5.92 Å². The van der Waals surface area contributed by atoms with Crippen molar-refractivity contribution in [3.05, 3.63) is 35.9 Å². The van der Waals surface area contributed by atoms with Gasteiger partial charge in [0.15, 0.2) is 6.61 Å². The lowest BCUT2D eigenvalue weighted by Crippen LogP contribution is -2.45. The maximum atomic E-state index is 12.2. The molecule has 0 aliphatic carbocycles. The van der Waals surface area contributed by atoms with Gasteiger partial charge in [0.2, 0.25) is 0 Å². The number of ether oxygens (including phenoxy) is 1. The molecule has 126 valence electrons. The van der Waals surface area contributed by atoms with E-state index in [0.717, 1.165) is 12.0 Å². The number of piperidine rings is 1. The third kappa shape index (κ3) is 4.71. The number of halogens is 3. The molecule has 2 atom stereocenters. The number of rotatable bonds is 2. The summed E-state index contributed by atoms with van der Waals surface area (Å²) in [5, 5.41) is 0. The van der Waals surface area contributed by atoms with Gasteiger partial charge < -0.3 is 9.64 Å². The Balaban J connectivity index is 2.12. The summed E-state index contributed by atoms with van der Waals surface area (Å²) in [4.78, 5) is 25.2. The summed E-state index contributed by atoms with van der Waals surface area (Å²) in [5.41, 5.74) is 0.858. The highest BCUT2D eigenvalue weighted by Crippen LogP contribution is 2.33. The van der Waals surface area contributed by atoms with E-state index < -0.39 is 24.7 Å². The Morgan fingerprint density at radius 3 is 2.48 bits per heavy atom. The smallest absolute Gasteiger partial charge is 0.422 e. The second kappa shape index (κ2) is 7.02. The molecular formula is C16H18F3NO3. The van der Waals surface area contributed by atoms with Crippen LogP contribution in [0.5, 0.6) is 0 Å². The van der Waals surface area contributed by atoms with Crippen molar-refractivity contribution in [2.75, 3.05) is 13.2 Å². The lowest BCUT2D eigenvalue weighted by molar-refractivity contribution is -0.190. The zero-order valence-electron chi connectivity index (χ0n) is 12.7. The molecule has 7 heteroatoms. The van der Waals surface area contributed by atoms with Crippen molar-refractivity contribution in [1.29, 1.82) is 0 Å². The van der Waals surface area contributed by atoms with Gasteiger partial charge in [0.05, 0.1) is 6.04 Å². The quantitative estimate of drug-likeness (QED) is 0.619. The number of hydrogen-bond acceptors (Lipinski definition) is 3. The molecule has 0 spiro atoms. The van der Waals surface area contributed by atoms with E-state index in [-0.39, 0.29) is 12.0 Å². The predicted molar refractivity (Wildman–Crippen MR) is 76.3 cm³/mol. The maximum absolute atomic E-state index is 12.2. The second-order valence-corrected chi connectivity index (χ2v) is 5.76. The molecule has 1 aromatic rings. The highest BCUT2D eigenvalue weighted by atomic mass is 19.4. The maximum Gasteiger partial charge on any atom is 0.422 e. The van der Waals surface area contributed by atoms with Gasteiger partial charge >= 0.3 is 18.1 Å². The van der Waals surface area contributed by atoms with Gasteiger partial charge in [0.1, 0.15) is 0 Å². The molecule has 23 heavy (non-hydrogen) atoms. The number of benzene rings is 1. The molecule has 0 saturated carbocycles. The van der Waals surface area contributed by atoms with Gasteiger partial charge in [-0.15, -0.1) is 0 Å². The molecule has 0 radical (unpaired) electrons. The van der Waals surface area contributed by atoms with E-state index in [1.807, 2.05) is 37.3 Å². The summed E-state index contributed by atoms with van der Waals surface area (Å²) in [6, 6.07) is 8.82. The Bertz CT molecular complexity index is 559. The van der Waals surface area contributed by atoms with Crippen LogP contribution in [0.4, 0.5) is 13.2 Å². The monoisotopic (exact) mass is 329 g/mol. The van der Waals surface area contributed by atoms with Crippen LogP contribution < -0.4 is 0 Å². The first-order valence-corrected chi connectivity index (χ1v) is 7.37. The van der Waals surface area contributed by atoms with Crippen LogP contribution in [0.15, 0.2) is 30.3 Å². The summed E-state index contributed by atoms with van der Waals surface area (Å²) in [5.74, 6) is -2.30. The zero-order valence-corrected chi connectivity index (χ0v) is 12.7. The van der Waals surface area contributed by atoms with Crippen LogP contribution in [0.3, 0.4) is 0 Å². The Morgan fingerprint density at radius 2 is 1.87 bits per heavy atom.